The minimum absolute atomic E-state index is 0.693. The third-order valence-electron chi connectivity index (χ3n) is 3.21. The third kappa shape index (κ3) is 1.45. The van der Waals surface area contributed by atoms with Crippen molar-refractivity contribution < 1.29 is 0 Å². The Morgan fingerprint density at radius 3 is 2.60 bits per heavy atom. The van der Waals surface area contributed by atoms with Gasteiger partial charge in [0.05, 0.1) is 5.52 Å². The van der Waals surface area contributed by atoms with Gasteiger partial charge in [-0.15, -0.1) is 0 Å². The molecule has 2 aromatic rings. The highest BCUT2D eigenvalue weighted by Crippen LogP contribution is 2.27. The van der Waals surface area contributed by atoms with E-state index in [2.05, 4.69) is 43.5 Å². The van der Waals surface area contributed by atoms with Crippen molar-refractivity contribution in [3.63, 3.8) is 0 Å². The van der Waals surface area contributed by atoms with E-state index in [1.807, 2.05) is 0 Å². The average molecular weight is 202 g/mol. The molecule has 1 aromatic carbocycles. The van der Waals surface area contributed by atoms with E-state index in [1.165, 1.54) is 27.7 Å². The van der Waals surface area contributed by atoms with Crippen molar-refractivity contribution in [2.24, 2.45) is 5.73 Å². The first-order chi connectivity index (χ1) is 7.16. The molecule has 1 aromatic heterocycles. The van der Waals surface area contributed by atoms with Crippen LogP contribution in [0.15, 0.2) is 18.2 Å². The molecule has 0 saturated heterocycles. The fourth-order valence-electron chi connectivity index (χ4n) is 2.29. The summed E-state index contributed by atoms with van der Waals surface area (Å²) in [4.78, 5) is 0. The molecule has 0 atom stereocenters. The minimum Gasteiger partial charge on any atom is -0.343 e. The van der Waals surface area contributed by atoms with Crippen LogP contribution in [0.1, 0.15) is 16.8 Å². The van der Waals surface area contributed by atoms with Crippen molar-refractivity contribution in [3.8, 4) is 0 Å². The van der Waals surface area contributed by atoms with Gasteiger partial charge in [0, 0.05) is 24.2 Å². The number of aromatic nitrogens is 1. The van der Waals surface area contributed by atoms with Gasteiger partial charge in [0.15, 0.2) is 0 Å². The van der Waals surface area contributed by atoms with E-state index in [-0.39, 0.29) is 0 Å². The summed E-state index contributed by atoms with van der Waals surface area (Å²) in [7, 11) is 0. The zero-order chi connectivity index (χ0) is 11.0. The average Bonchev–Trinajstić information content (AvgIpc) is 2.46. The number of para-hydroxylation sites is 1. The monoisotopic (exact) mass is 202 g/mol. The molecule has 0 amide bonds. The zero-order valence-corrected chi connectivity index (χ0v) is 9.67. The van der Waals surface area contributed by atoms with Crippen LogP contribution in [0.25, 0.3) is 10.9 Å². The lowest BCUT2D eigenvalue weighted by atomic mass is 10.1. The number of nitrogens with zero attached hydrogens (tertiary/aromatic N) is 1. The van der Waals surface area contributed by atoms with Gasteiger partial charge in [-0.25, -0.2) is 0 Å². The predicted octanol–water partition coefficient (Wildman–Crippen LogP) is 2.53. The van der Waals surface area contributed by atoms with Gasteiger partial charge in [0.1, 0.15) is 0 Å². The van der Waals surface area contributed by atoms with Crippen LogP contribution in [-0.2, 0) is 6.54 Å². The Balaban J connectivity index is 2.82. The Bertz CT molecular complexity index is 495. The van der Waals surface area contributed by atoms with Crippen molar-refractivity contribution in [2.45, 2.75) is 27.3 Å². The molecule has 1 heterocycles. The van der Waals surface area contributed by atoms with Crippen molar-refractivity contribution in [2.75, 3.05) is 6.54 Å². The topological polar surface area (TPSA) is 30.9 Å². The predicted molar refractivity (Wildman–Crippen MR) is 65.2 cm³/mol. The van der Waals surface area contributed by atoms with Crippen molar-refractivity contribution in [1.82, 2.24) is 4.57 Å². The Morgan fingerprint density at radius 1 is 1.20 bits per heavy atom. The van der Waals surface area contributed by atoms with Crippen molar-refractivity contribution in [3.05, 3.63) is 35.0 Å². The van der Waals surface area contributed by atoms with Crippen molar-refractivity contribution >= 4 is 10.9 Å². The van der Waals surface area contributed by atoms with Gasteiger partial charge in [-0.05, 0) is 31.9 Å². The first kappa shape index (κ1) is 10.2. The molecule has 0 fully saturated rings. The molecule has 2 nitrogen and oxygen atoms in total. The molecule has 2 heteroatoms. The largest absolute Gasteiger partial charge is 0.343 e. The molecule has 2 rings (SSSR count). The second-order valence-electron chi connectivity index (χ2n) is 4.12. The fourth-order valence-corrected chi connectivity index (χ4v) is 2.29. The number of hydrogen-bond donors (Lipinski definition) is 1. The Hall–Kier alpha value is -1.28. The summed E-state index contributed by atoms with van der Waals surface area (Å²) in [6.45, 7) is 8.11. The van der Waals surface area contributed by atoms with Crippen LogP contribution in [0.3, 0.4) is 0 Å². The van der Waals surface area contributed by atoms with Crippen LogP contribution >= 0.6 is 0 Å². The summed E-state index contributed by atoms with van der Waals surface area (Å²) in [5, 5.41) is 1.36. The molecule has 0 saturated carbocycles. The van der Waals surface area contributed by atoms with E-state index >= 15 is 0 Å². The standard InChI is InChI=1S/C13H18N2/c1-9-5-4-6-12-10(2)11(3)15(8-7-14)13(9)12/h4-6H,7-8,14H2,1-3H3. The summed E-state index contributed by atoms with van der Waals surface area (Å²) >= 11 is 0. The van der Waals surface area contributed by atoms with E-state index in [0.717, 1.165) is 6.54 Å². The number of benzene rings is 1. The maximum absolute atomic E-state index is 5.66. The van der Waals surface area contributed by atoms with E-state index in [0.29, 0.717) is 6.54 Å². The molecule has 0 aliphatic heterocycles. The Kier molecular flexibility index (Phi) is 2.53. The smallest absolute Gasteiger partial charge is 0.0515 e. The second kappa shape index (κ2) is 3.70. The molecule has 0 spiro atoms. The summed E-state index contributed by atoms with van der Waals surface area (Å²) in [6.07, 6.45) is 0. The van der Waals surface area contributed by atoms with E-state index in [1.54, 1.807) is 0 Å². The number of aryl methyl sites for hydroxylation is 2. The zero-order valence-electron chi connectivity index (χ0n) is 9.67. The molecular formula is C13H18N2. The molecule has 15 heavy (non-hydrogen) atoms. The van der Waals surface area contributed by atoms with Crippen LogP contribution < -0.4 is 5.73 Å². The highest BCUT2D eigenvalue weighted by molar-refractivity contribution is 5.87. The summed E-state index contributed by atoms with van der Waals surface area (Å²) < 4.78 is 2.33. The van der Waals surface area contributed by atoms with E-state index < -0.39 is 0 Å². The van der Waals surface area contributed by atoms with Gasteiger partial charge in [-0.1, -0.05) is 18.2 Å². The minimum atomic E-state index is 0.693. The van der Waals surface area contributed by atoms with Gasteiger partial charge < -0.3 is 10.3 Å². The lowest BCUT2D eigenvalue weighted by molar-refractivity contribution is 0.711. The number of fused-ring (bicyclic) bond motifs is 1. The highest BCUT2D eigenvalue weighted by atomic mass is 15.0. The summed E-state index contributed by atoms with van der Waals surface area (Å²) in [5.74, 6) is 0. The fraction of sp³-hybridized carbons (Fsp3) is 0.385. The Morgan fingerprint density at radius 2 is 1.93 bits per heavy atom. The van der Waals surface area contributed by atoms with E-state index in [9.17, 15) is 0 Å². The third-order valence-corrected chi connectivity index (χ3v) is 3.21. The molecule has 0 aliphatic rings. The first-order valence-electron chi connectivity index (χ1n) is 5.42. The van der Waals surface area contributed by atoms with Gasteiger partial charge in [-0.2, -0.15) is 0 Å². The normalized spacial score (nSPS) is 11.2. The molecule has 0 aliphatic carbocycles. The van der Waals surface area contributed by atoms with Crippen LogP contribution in [0.4, 0.5) is 0 Å². The van der Waals surface area contributed by atoms with Crippen LogP contribution in [0.5, 0.6) is 0 Å². The summed E-state index contributed by atoms with van der Waals surface area (Å²) in [6, 6.07) is 6.48. The van der Waals surface area contributed by atoms with Gasteiger partial charge in [0.25, 0.3) is 0 Å². The number of rotatable bonds is 2. The molecule has 0 unspecified atom stereocenters. The lowest BCUT2D eigenvalue weighted by Gasteiger charge is -2.07. The number of nitrogens with two attached hydrogens (primary N) is 1. The van der Waals surface area contributed by atoms with Crippen molar-refractivity contribution in [1.29, 1.82) is 0 Å². The maximum atomic E-state index is 5.66. The lowest BCUT2D eigenvalue weighted by Crippen LogP contribution is -2.11. The Labute approximate surface area is 90.7 Å². The quantitative estimate of drug-likeness (QED) is 0.797. The van der Waals surface area contributed by atoms with Gasteiger partial charge >= 0.3 is 0 Å². The molecule has 80 valence electrons. The SMILES string of the molecule is Cc1c(C)n(CCN)c2c(C)cccc12. The highest BCUT2D eigenvalue weighted by Gasteiger charge is 2.11. The molecule has 0 bridgehead atoms. The first-order valence-corrected chi connectivity index (χ1v) is 5.42. The maximum Gasteiger partial charge on any atom is 0.0515 e. The van der Waals surface area contributed by atoms with Crippen LogP contribution in [0, 0.1) is 20.8 Å². The van der Waals surface area contributed by atoms with E-state index in [4.69, 9.17) is 5.73 Å². The summed E-state index contributed by atoms with van der Waals surface area (Å²) in [5.41, 5.74) is 11.0. The van der Waals surface area contributed by atoms with Gasteiger partial charge in [-0.3, -0.25) is 0 Å². The molecular weight excluding hydrogens is 184 g/mol. The number of hydrogen-bond acceptors (Lipinski definition) is 1. The van der Waals surface area contributed by atoms with Crippen LogP contribution in [0.2, 0.25) is 0 Å². The van der Waals surface area contributed by atoms with Gasteiger partial charge in [0.2, 0.25) is 0 Å². The van der Waals surface area contributed by atoms with Crippen LogP contribution in [-0.4, -0.2) is 11.1 Å². The molecule has 0 radical (unpaired) electrons. The second-order valence-corrected chi connectivity index (χ2v) is 4.12. The molecule has 2 N–H and O–H groups in total.